The first-order valence-corrected chi connectivity index (χ1v) is 5.52. The Morgan fingerprint density at radius 1 is 1.43 bits per heavy atom. The molecular weight excluding hydrogens is 180 g/mol. The molecule has 2 fully saturated rings. The first-order valence-electron chi connectivity index (χ1n) is 5.52. The molecule has 3 heteroatoms. The van der Waals surface area contributed by atoms with Gasteiger partial charge in [-0.25, -0.2) is 0 Å². The zero-order valence-corrected chi connectivity index (χ0v) is 8.61. The van der Waals surface area contributed by atoms with Crippen molar-refractivity contribution in [2.75, 3.05) is 0 Å². The quantitative estimate of drug-likeness (QED) is 0.755. The molecule has 0 radical (unpaired) electrons. The van der Waals surface area contributed by atoms with Crippen molar-refractivity contribution in [1.82, 2.24) is 0 Å². The van der Waals surface area contributed by atoms with E-state index >= 15 is 0 Å². The van der Waals surface area contributed by atoms with Crippen molar-refractivity contribution in [3.8, 4) is 0 Å². The molecule has 1 saturated heterocycles. The maximum Gasteiger partial charge on any atom is 0.303 e. The summed E-state index contributed by atoms with van der Waals surface area (Å²) in [6, 6.07) is 0. The van der Waals surface area contributed by atoms with Crippen LogP contribution in [0.15, 0.2) is 0 Å². The summed E-state index contributed by atoms with van der Waals surface area (Å²) in [5.41, 5.74) is 0. The van der Waals surface area contributed by atoms with Gasteiger partial charge in [-0.15, -0.1) is 0 Å². The highest BCUT2D eigenvalue weighted by Crippen LogP contribution is 2.41. The van der Waals surface area contributed by atoms with Crippen molar-refractivity contribution in [2.24, 2.45) is 11.8 Å². The van der Waals surface area contributed by atoms with Crippen LogP contribution in [0.3, 0.4) is 0 Å². The Labute approximate surface area is 84.4 Å². The second kappa shape index (κ2) is 3.89. The largest absolute Gasteiger partial charge is 0.481 e. The average Bonchev–Trinajstić information content (AvgIpc) is 2.82. The molecule has 1 heterocycles. The summed E-state index contributed by atoms with van der Waals surface area (Å²) in [6.07, 6.45) is 5.34. The van der Waals surface area contributed by atoms with Crippen LogP contribution >= 0.6 is 0 Å². The van der Waals surface area contributed by atoms with Crippen LogP contribution in [-0.4, -0.2) is 23.3 Å². The van der Waals surface area contributed by atoms with Crippen LogP contribution in [0.5, 0.6) is 0 Å². The van der Waals surface area contributed by atoms with Gasteiger partial charge in [-0.2, -0.15) is 0 Å². The van der Waals surface area contributed by atoms with Gasteiger partial charge < -0.3 is 9.84 Å². The molecule has 0 spiro atoms. The maximum atomic E-state index is 10.6. The van der Waals surface area contributed by atoms with Gasteiger partial charge in [-0.05, 0) is 44.4 Å². The Hall–Kier alpha value is -0.570. The van der Waals surface area contributed by atoms with Crippen LogP contribution in [0, 0.1) is 11.8 Å². The summed E-state index contributed by atoms with van der Waals surface area (Å²) < 4.78 is 5.83. The van der Waals surface area contributed by atoms with Crippen molar-refractivity contribution < 1.29 is 14.6 Å². The van der Waals surface area contributed by atoms with E-state index in [1.165, 1.54) is 12.8 Å². The zero-order valence-electron chi connectivity index (χ0n) is 8.61. The van der Waals surface area contributed by atoms with Gasteiger partial charge >= 0.3 is 5.97 Å². The third-order valence-corrected chi connectivity index (χ3v) is 3.25. The smallest absolute Gasteiger partial charge is 0.303 e. The minimum atomic E-state index is -0.668. The van der Waals surface area contributed by atoms with Crippen LogP contribution in [0.1, 0.15) is 39.0 Å². The minimum absolute atomic E-state index is 0.249. The first-order chi connectivity index (χ1) is 6.65. The number of aliphatic carboxylic acids is 1. The van der Waals surface area contributed by atoms with Crippen molar-refractivity contribution >= 4 is 5.97 Å². The van der Waals surface area contributed by atoms with Gasteiger partial charge in [-0.3, -0.25) is 4.79 Å². The molecule has 1 N–H and O–H groups in total. The molecule has 0 aromatic rings. The van der Waals surface area contributed by atoms with Gasteiger partial charge in [0.1, 0.15) is 0 Å². The third kappa shape index (κ3) is 2.47. The molecule has 1 aliphatic carbocycles. The Bertz CT molecular complexity index is 223. The monoisotopic (exact) mass is 198 g/mol. The lowest BCUT2D eigenvalue weighted by molar-refractivity contribution is -0.140. The van der Waals surface area contributed by atoms with Gasteiger partial charge in [0.25, 0.3) is 0 Å². The highest BCUT2D eigenvalue weighted by molar-refractivity contribution is 5.67. The molecule has 2 rings (SSSR count). The van der Waals surface area contributed by atoms with E-state index in [9.17, 15) is 4.79 Å². The molecule has 3 nitrogen and oxygen atoms in total. The van der Waals surface area contributed by atoms with Crippen LogP contribution in [-0.2, 0) is 9.53 Å². The molecule has 14 heavy (non-hydrogen) atoms. The topological polar surface area (TPSA) is 46.5 Å². The summed E-state index contributed by atoms with van der Waals surface area (Å²) in [5, 5.41) is 8.75. The molecule has 0 aromatic carbocycles. The number of carboxylic acids is 1. The number of ether oxygens (including phenoxy) is 1. The van der Waals surface area contributed by atoms with E-state index in [0.717, 1.165) is 18.8 Å². The minimum Gasteiger partial charge on any atom is -0.481 e. The van der Waals surface area contributed by atoms with E-state index in [2.05, 4.69) is 6.92 Å². The highest BCUT2D eigenvalue weighted by atomic mass is 16.5. The van der Waals surface area contributed by atoms with Gasteiger partial charge in [0, 0.05) is 6.42 Å². The summed E-state index contributed by atoms with van der Waals surface area (Å²) in [4.78, 5) is 10.6. The summed E-state index contributed by atoms with van der Waals surface area (Å²) in [7, 11) is 0. The van der Waals surface area contributed by atoms with Crippen LogP contribution in [0.2, 0.25) is 0 Å². The molecular formula is C11H18O3. The standard InChI is InChI=1S/C11H18O3/c1-7-4-8(6-11(12)13)5-10(14-7)9-2-3-9/h7-10H,2-6H2,1H3,(H,12,13)/t7-,8+,10+/m1/s1. The maximum absolute atomic E-state index is 10.6. The number of carbonyl (C=O) groups is 1. The molecule has 0 unspecified atom stereocenters. The van der Waals surface area contributed by atoms with E-state index in [-0.39, 0.29) is 6.10 Å². The van der Waals surface area contributed by atoms with E-state index in [1.54, 1.807) is 0 Å². The molecule has 2 aliphatic rings. The van der Waals surface area contributed by atoms with Crippen LogP contribution < -0.4 is 0 Å². The molecule has 0 aromatic heterocycles. The Balaban J connectivity index is 1.88. The van der Waals surface area contributed by atoms with Crippen LogP contribution in [0.4, 0.5) is 0 Å². The number of rotatable bonds is 3. The van der Waals surface area contributed by atoms with Gasteiger partial charge in [0.15, 0.2) is 0 Å². The fraction of sp³-hybridized carbons (Fsp3) is 0.909. The first kappa shape index (κ1) is 9.97. The molecule has 80 valence electrons. The van der Waals surface area contributed by atoms with Crippen molar-refractivity contribution in [3.63, 3.8) is 0 Å². The predicted molar refractivity (Wildman–Crippen MR) is 52.0 cm³/mol. The fourth-order valence-electron chi connectivity index (χ4n) is 2.49. The van der Waals surface area contributed by atoms with Crippen molar-refractivity contribution in [3.05, 3.63) is 0 Å². The number of hydrogen-bond donors (Lipinski definition) is 1. The molecule has 1 aliphatic heterocycles. The molecule has 1 saturated carbocycles. The second-order valence-corrected chi connectivity index (χ2v) is 4.76. The number of hydrogen-bond acceptors (Lipinski definition) is 2. The van der Waals surface area contributed by atoms with Gasteiger partial charge in [-0.1, -0.05) is 0 Å². The number of carboxylic acid groups (broad SMARTS) is 1. The SMILES string of the molecule is C[C@@H]1C[C@H](CC(=O)O)C[C@@H](C2CC2)O1. The summed E-state index contributed by atoms with van der Waals surface area (Å²) in [6.45, 7) is 2.06. The lowest BCUT2D eigenvalue weighted by Crippen LogP contribution is -2.33. The van der Waals surface area contributed by atoms with Crippen molar-refractivity contribution in [1.29, 1.82) is 0 Å². The van der Waals surface area contributed by atoms with E-state index in [0.29, 0.717) is 18.4 Å². The van der Waals surface area contributed by atoms with Gasteiger partial charge in [0.2, 0.25) is 0 Å². The highest BCUT2D eigenvalue weighted by Gasteiger charge is 2.38. The fourth-order valence-corrected chi connectivity index (χ4v) is 2.49. The van der Waals surface area contributed by atoms with Crippen molar-refractivity contribution in [2.45, 2.75) is 51.2 Å². The van der Waals surface area contributed by atoms with E-state index in [1.807, 2.05) is 0 Å². The average molecular weight is 198 g/mol. The predicted octanol–water partition coefficient (Wildman–Crippen LogP) is 2.05. The zero-order chi connectivity index (χ0) is 10.1. The molecule has 0 amide bonds. The Kier molecular flexibility index (Phi) is 2.77. The Morgan fingerprint density at radius 3 is 2.71 bits per heavy atom. The summed E-state index contributed by atoms with van der Waals surface area (Å²) >= 11 is 0. The lowest BCUT2D eigenvalue weighted by atomic mass is 9.88. The van der Waals surface area contributed by atoms with E-state index in [4.69, 9.17) is 9.84 Å². The normalized spacial score (nSPS) is 38.2. The van der Waals surface area contributed by atoms with Gasteiger partial charge in [0.05, 0.1) is 12.2 Å². The molecule has 3 atom stereocenters. The Morgan fingerprint density at radius 2 is 2.14 bits per heavy atom. The van der Waals surface area contributed by atoms with E-state index < -0.39 is 5.97 Å². The summed E-state index contributed by atoms with van der Waals surface area (Å²) in [5.74, 6) is 0.398. The molecule has 0 bridgehead atoms. The lowest BCUT2D eigenvalue weighted by Gasteiger charge is -2.33. The second-order valence-electron chi connectivity index (χ2n) is 4.76. The third-order valence-electron chi connectivity index (χ3n) is 3.25. The van der Waals surface area contributed by atoms with Crippen LogP contribution in [0.25, 0.3) is 0 Å².